The number of carbonyl (C=O) groups is 1. The molecule has 1 atom stereocenters. The van der Waals surface area contributed by atoms with Gasteiger partial charge in [0.05, 0.1) is 5.25 Å². The summed E-state index contributed by atoms with van der Waals surface area (Å²) in [5, 5.41) is 2.70. The van der Waals surface area contributed by atoms with Crippen LogP contribution in [0.15, 0.2) is 54.6 Å². The number of rotatable bonds is 5. The molecule has 0 saturated carbocycles. The summed E-state index contributed by atoms with van der Waals surface area (Å²) in [4.78, 5) is 12.0. The van der Waals surface area contributed by atoms with Crippen LogP contribution in [-0.2, 0) is 10.5 Å². The topological polar surface area (TPSA) is 29.1 Å². The Morgan fingerprint density at radius 2 is 1.80 bits per heavy atom. The average Bonchev–Trinajstić information content (AvgIpc) is 2.47. The third kappa shape index (κ3) is 4.38. The first-order chi connectivity index (χ1) is 9.65. The van der Waals surface area contributed by atoms with Crippen LogP contribution in [0.1, 0.15) is 12.5 Å². The Balaban J connectivity index is 1.83. The van der Waals surface area contributed by atoms with Crippen molar-refractivity contribution >= 4 is 23.4 Å². The molecule has 1 amide bonds. The Bertz CT molecular complexity index is 556. The van der Waals surface area contributed by atoms with Gasteiger partial charge in [0.25, 0.3) is 0 Å². The molecule has 2 aromatic carbocycles. The van der Waals surface area contributed by atoms with Crippen LogP contribution in [0.2, 0.25) is 0 Å². The zero-order chi connectivity index (χ0) is 14.4. The number of carbonyl (C=O) groups excluding carboxylic acids is 1. The zero-order valence-electron chi connectivity index (χ0n) is 11.2. The van der Waals surface area contributed by atoms with E-state index in [1.807, 2.05) is 37.3 Å². The first kappa shape index (κ1) is 14.6. The molecule has 0 heterocycles. The van der Waals surface area contributed by atoms with Gasteiger partial charge in [-0.15, -0.1) is 11.8 Å². The predicted octanol–water partition coefficient (Wildman–Crippen LogP) is 4.09. The van der Waals surface area contributed by atoms with Crippen molar-refractivity contribution in [2.24, 2.45) is 0 Å². The van der Waals surface area contributed by atoms with Gasteiger partial charge in [0.2, 0.25) is 5.91 Å². The molecular weight excluding hydrogens is 273 g/mol. The van der Waals surface area contributed by atoms with Gasteiger partial charge < -0.3 is 5.32 Å². The molecule has 104 valence electrons. The number of nitrogens with one attached hydrogen (secondary N) is 1. The van der Waals surface area contributed by atoms with Crippen LogP contribution >= 0.6 is 11.8 Å². The quantitative estimate of drug-likeness (QED) is 0.898. The van der Waals surface area contributed by atoms with Crippen molar-refractivity contribution in [3.8, 4) is 0 Å². The summed E-state index contributed by atoms with van der Waals surface area (Å²) in [7, 11) is 0. The molecule has 2 aromatic rings. The lowest BCUT2D eigenvalue weighted by atomic mass is 10.2. The summed E-state index contributed by atoms with van der Waals surface area (Å²) in [5.41, 5.74) is 1.81. The van der Waals surface area contributed by atoms with Gasteiger partial charge in [0, 0.05) is 11.4 Å². The fourth-order valence-electron chi connectivity index (χ4n) is 1.64. The van der Waals surface area contributed by atoms with E-state index >= 15 is 0 Å². The summed E-state index contributed by atoms with van der Waals surface area (Å²) in [6.45, 7) is 1.87. The monoisotopic (exact) mass is 289 g/mol. The second kappa shape index (κ2) is 7.10. The lowest BCUT2D eigenvalue weighted by Gasteiger charge is -2.12. The number of benzene rings is 2. The average molecular weight is 289 g/mol. The van der Waals surface area contributed by atoms with Crippen molar-refractivity contribution in [2.45, 2.75) is 17.9 Å². The fraction of sp³-hybridized carbons (Fsp3) is 0.188. The minimum atomic E-state index is -0.242. The molecule has 0 saturated heterocycles. The van der Waals surface area contributed by atoms with Gasteiger partial charge in [0.1, 0.15) is 5.82 Å². The smallest absolute Gasteiger partial charge is 0.237 e. The number of hydrogen-bond acceptors (Lipinski definition) is 2. The Morgan fingerprint density at radius 3 is 2.45 bits per heavy atom. The molecule has 0 radical (unpaired) electrons. The molecule has 0 aliphatic heterocycles. The van der Waals surface area contributed by atoms with E-state index in [2.05, 4.69) is 5.32 Å². The maximum absolute atomic E-state index is 12.8. The molecule has 0 aliphatic rings. The van der Waals surface area contributed by atoms with E-state index in [-0.39, 0.29) is 17.0 Å². The number of thioether (sulfide) groups is 1. The van der Waals surface area contributed by atoms with Gasteiger partial charge in [-0.05, 0) is 36.8 Å². The predicted molar refractivity (Wildman–Crippen MR) is 82.2 cm³/mol. The third-order valence-corrected chi connectivity index (χ3v) is 4.04. The maximum atomic E-state index is 12.8. The molecule has 2 nitrogen and oxygen atoms in total. The van der Waals surface area contributed by atoms with Crippen LogP contribution in [0.25, 0.3) is 0 Å². The highest BCUT2D eigenvalue weighted by Crippen LogP contribution is 2.19. The number of amides is 1. The number of hydrogen-bond donors (Lipinski definition) is 1. The molecule has 0 aliphatic carbocycles. The summed E-state index contributed by atoms with van der Waals surface area (Å²) >= 11 is 1.53. The van der Waals surface area contributed by atoms with E-state index in [0.717, 1.165) is 11.3 Å². The van der Waals surface area contributed by atoms with Crippen molar-refractivity contribution in [3.05, 3.63) is 66.0 Å². The van der Waals surface area contributed by atoms with Crippen LogP contribution in [0.4, 0.5) is 10.1 Å². The number of anilines is 1. The van der Waals surface area contributed by atoms with E-state index in [9.17, 15) is 9.18 Å². The van der Waals surface area contributed by atoms with Gasteiger partial charge in [-0.1, -0.05) is 30.3 Å². The highest BCUT2D eigenvalue weighted by Gasteiger charge is 2.13. The summed E-state index contributed by atoms with van der Waals surface area (Å²) < 4.78 is 12.8. The van der Waals surface area contributed by atoms with Crippen molar-refractivity contribution in [1.82, 2.24) is 0 Å². The molecule has 4 heteroatoms. The molecule has 0 fully saturated rings. The van der Waals surface area contributed by atoms with Crippen molar-refractivity contribution in [2.75, 3.05) is 5.32 Å². The molecule has 20 heavy (non-hydrogen) atoms. The van der Waals surface area contributed by atoms with E-state index in [1.165, 1.54) is 23.9 Å². The summed E-state index contributed by atoms with van der Waals surface area (Å²) in [5.74, 6) is 0.417. The molecule has 0 aromatic heterocycles. The van der Waals surface area contributed by atoms with Crippen LogP contribution in [-0.4, -0.2) is 11.2 Å². The van der Waals surface area contributed by atoms with Crippen molar-refractivity contribution in [3.63, 3.8) is 0 Å². The molecule has 1 unspecified atom stereocenters. The third-order valence-electron chi connectivity index (χ3n) is 2.82. The Labute approximate surface area is 122 Å². The first-order valence-corrected chi connectivity index (χ1v) is 7.42. The van der Waals surface area contributed by atoms with E-state index in [1.54, 1.807) is 12.1 Å². The summed E-state index contributed by atoms with van der Waals surface area (Å²) in [6, 6.07) is 15.7. The lowest BCUT2D eigenvalue weighted by molar-refractivity contribution is -0.115. The Kier molecular flexibility index (Phi) is 5.18. The SMILES string of the molecule is CC(SCc1ccc(F)cc1)C(=O)Nc1ccccc1. The lowest BCUT2D eigenvalue weighted by Crippen LogP contribution is -2.22. The van der Waals surface area contributed by atoms with Gasteiger partial charge in [-0.25, -0.2) is 4.39 Å². The molecule has 0 spiro atoms. The highest BCUT2D eigenvalue weighted by molar-refractivity contribution is 7.99. The minimum absolute atomic E-state index is 0.0247. The highest BCUT2D eigenvalue weighted by atomic mass is 32.2. The van der Waals surface area contributed by atoms with E-state index in [0.29, 0.717) is 5.75 Å². The van der Waals surface area contributed by atoms with Gasteiger partial charge >= 0.3 is 0 Å². The zero-order valence-corrected chi connectivity index (χ0v) is 12.0. The molecule has 1 N–H and O–H groups in total. The van der Waals surface area contributed by atoms with Crippen LogP contribution in [0, 0.1) is 5.82 Å². The number of para-hydroxylation sites is 1. The molecule has 0 bridgehead atoms. The Hall–Kier alpha value is -1.81. The second-order valence-electron chi connectivity index (χ2n) is 4.43. The van der Waals surface area contributed by atoms with Gasteiger partial charge in [0.15, 0.2) is 0 Å². The largest absolute Gasteiger partial charge is 0.325 e. The minimum Gasteiger partial charge on any atom is -0.325 e. The van der Waals surface area contributed by atoms with Gasteiger partial charge in [-0.3, -0.25) is 4.79 Å². The first-order valence-electron chi connectivity index (χ1n) is 6.37. The molecular formula is C16H16FNOS. The van der Waals surface area contributed by atoms with Gasteiger partial charge in [-0.2, -0.15) is 0 Å². The maximum Gasteiger partial charge on any atom is 0.237 e. The van der Waals surface area contributed by atoms with E-state index < -0.39 is 0 Å². The summed E-state index contributed by atoms with van der Waals surface area (Å²) in [6.07, 6.45) is 0. The van der Waals surface area contributed by atoms with Crippen LogP contribution in [0.3, 0.4) is 0 Å². The van der Waals surface area contributed by atoms with Crippen LogP contribution < -0.4 is 5.32 Å². The normalized spacial score (nSPS) is 11.9. The standard InChI is InChI=1S/C16H16FNOS/c1-12(16(19)18-15-5-3-2-4-6-15)20-11-13-7-9-14(17)10-8-13/h2-10,12H,11H2,1H3,(H,18,19). The Morgan fingerprint density at radius 1 is 1.15 bits per heavy atom. The van der Waals surface area contributed by atoms with Crippen LogP contribution in [0.5, 0.6) is 0 Å². The van der Waals surface area contributed by atoms with Crippen molar-refractivity contribution < 1.29 is 9.18 Å². The number of halogens is 1. The fourth-order valence-corrected chi connectivity index (χ4v) is 2.49. The van der Waals surface area contributed by atoms with E-state index in [4.69, 9.17) is 0 Å². The molecule has 2 rings (SSSR count). The second-order valence-corrected chi connectivity index (χ2v) is 5.76. The van der Waals surface area contributed by atoms with Crippen molar-refractivity contribution in [1.29, 1.82) is 0 Å².